The summed E-state index contributed by atoms with van der Waals surface area (Å²) in [5.74, 6) is 0. The Labute approximate surface area is 179 Å². The van der Waals surface area contributed by atoms with Crippen molar-refractivity contribution >= 4 is 15.9 Å². The molecule has 2 aromatic heterocycles. The fraction of sp³-hybridized carbons (Fsp3) is 0.167. The minimum Gasteiger partial charge on any atom is -0.306 e. The van der Waals surface area contributed by atoms with E-state index in [1.165, 1.54) is 11.1 Å². The average Bonchev–Trinajstić information content (AvgIpc) is 3.16. The lowest BCUT2D eigenvalue weighted by Crippen LogP contribution is -2.18. The molecule has 0 aliphatic carbocycles. The number of rotatable bonds is 7. The van der Waals surface area contributed by atoms with Gasteiger partial charge in [-0.15, -0.1) is 0 Å². The Morgan fingerprint density at radius 3 is 2.52 bits per heavy atom. The lowest BCUT2D eigenvalue weighted by molar-refractivity contribution is 0.574. The maximum Gasteiger partial charge on any atom is 0.0983 e. The maximum atomic E-state index is 4.87. The molecule has 0 fully saturated rings. The third kappa shape index (κ3) is 5.00. The Hall–Kier alpha value is -2.76. The monoisotopic (exact) mass is 446 g/mol. The van der Waals surface area contributed by atoms with Gasteiger partial charge in [-0.2, -0.15) is 5.10 Å². The number of hydrogen-bond acceptors (Lipinski definition) is 3. The molecule has 1 atom stereocenters. The molecule has 0 aliphatic rings. The minimum atomic E-state index is 0.238. The van der Waals surface area contributed by atoms with Crippen LogP contribution in [0.4, 0.5) is 0 Å². The van der Waals surface area contributed by atoms with Gasteiger partial charge in [-0.05, 0) is 42.3 Å². The molecule has 0 spiro atoms. The van der Waals surface area contributed by atoms with Crippen molar-refractivity contribution < 1.29 is 0 Å². The van der Waals surface area contributed by atoms with E-state index in [-0.39, 0.29) is 6.04 Å². The first-order valence-electron chi connectivity index (χ1n) is 9.68. The highest BCUT2D eigenvalue weighted by Crippen LogP contribution is 2.23. The second-order valence-corrected chi connectivity index (χ2v) is 8.00. The second kappa shape index (κ2) is 9.16. The van der Waals surface area contributed by atoms with E-state index in [0.717, 1.165) is 34.4 Å². The van der Waals surface area contributed by atoms with Gasteiger partial charge in [0.2, 0.25) is 0 Å². The Bertz CT molecular complexity index is 1040. The van der Waals surface area contributed by atoms with E-state index in [9.17, 15) is 0 Å². The molecule has 2 aromatic carbocycles. The summed E-state index contributed by atoms with van der Waals surface area (Å²) < 4.78 is 3.11. The molecule has 0 saturated carbocycles. The first-order valence-corrected chi connectivity index (χ1v) is 10.5. The van der Waals surface area contributed by atoms with E-state index in [1.807, 2.05) is 23.0 Å². The van der Waals surface area contributed by atoms with Crippen molar-refractivity contribution in [3.05, 3.63) is 106 Å². The van der Waals surface area contributed by atoms with Gasteiger partial charge < -0.3 is 5.32 Å². The summed E-state index contributed by atoms with van der Waals surface area (Å²) >= 11 is 3.50. The Kier molecular flexibility index (Phi) is 6.17. The van der Waals surface area contributed by atoms with Gasteiger partial charge in [-0.1, -0.05) is 58.4 Å². The molecule has 2 heterocycles. The molecule has 1 unspecified atom stereocenters. The van der Waals surface area contributed by atoms with Crippen molar-refractivity contribution in [3.8, 4) is 11.3 Å². The summed E-state index contributed by atoms with van der Waals surface area (Å²) in [5, 5.41) is 8.50. The molecule has 0 saturated heterocycles. The average molecular weight is 447 g/mol. The molecule has 4 rings (SSSR count). The lowest BCUT2D eigenvalue weighted by atomic mass is 10.1. The van der Waals surface area contributed by atoms with Crippen molar-refractivity contribution in [2.45, 2.75) is 26.1 Å². The van der Waals surface area contributed by atoms with Crippen molar-refractivity contribution in [2.75, 3.05) is 0 Å². The zero-order valence-electron chi connectivity index (χ0n) is 16.3. The lowest BCUT2D eigenvalue weighted by Gasteiger charge is -2.14. The maximum absolute atomic E-state index is 4.87. The molecule has 4 aromatic rings. The van der Waals surface area contributed by atoms with Crippen LogP contribution in [-0.2, 0) is 13.1 Å². The van der Waals surface area contributed by atoms with Gasteiger partial charge in [0, 0.05) is 46.8 Å². The van der Waals surface area contributed by atoms with Gasteiger partial charge in [0.25, 0.3) is 0 Å². The van der Waals surface area contributed by atoms with E-state index in [0.29, 0.717) is 0 Å². The van der Waals surface area contributed by atoms with Gasteiger partial charge in [-0.25, -0.2) is 0 Å². The standard InChI is InChI=1S/C24H23BrN4/c1-18(20-9-11-23(25)12-10-20)27-15-22-17-29(16-19-6-3-2-4-7-19)28-24(22)21-8-5-13-26-14-21/h2-14,17-18,27H,15-16H2,1H3. The van der Waals surface area contributed by atoms with E-state index < -0.39 is 0 Å². The number of benzene rings is 2. The second-order valence-electron chi connectivity index (χ2n) is 7.08. The first kappa shape index (κ1) is 19.6. The Morgan fingerprint density at radius 2 is 1.79 bits per heavy atom. The van der Waals surface area contributed by atoms with Crippen LogP contribution in [0.15, 0.2) is 89.8 Å². The summed E-state index contributed by atoms with van der Waals surface area (Å²) in [6.45, 7) is 3.66. The van der Waals surface area contributed by atoms with Crippen LogP contribution in [0.1, 0.15) is 29.7 Å². The summed E-state index contributed by atoms with van der Waals surface area (Å²) in [6.07, 6.45) is 5.80. The molecule has 4 nitrogen and oxygen atoms in total. The number of halogens is 1. The van der Waals surface area contributed by atoms with Crippen LogP contribution >= 0.6 is 15.9 Å². The highest BCUT2D eigenvalue weighted by Gasteiger charge is 2.13. The Morgan fingerprint density at radius 1 is 1.00 bits per heavy atom. The topological polar surface area (TPSA) is 42.7 Å². The van der Waals surface area contributed by atoms with Crippen LogP contribution < -0.4 is 5.32 Å². The number of aromatic nitrogens is 3. The van der Waals surface area contributed by atoms with Gasteiger partial charge >= 0.3 is 0 Å². The first-order chi connectivity index (χ1) is 14.2. The van der Waals surface area contributed by atoms with Crippen LogP contribution in [0.3, 0.4) is 0 Å². The van der Waals surface area contributed by atoms with E-state index in [2.05, 4.69) is 93.9 Å². The quantitative estimate of drug-likeness (QED) is 0.401. The van der Waals surface area contributed by atoms with Crippen molar-refractivity contribution in [3.63, 3.8) is 0 Å². The molecule has 5 heteroatoms. The van der Waals surface area contributed by atoms with Crippen LogP contribution in [0.2, 0.25) is 0 Å². The van der Waals surface area contributed by atoms with Crippen LogP contribution in [0.5, 0.6) is 0 Å². The number of hydrogen-bond donors (Lipinski definition) is 1. The van der Waals surface area contributed by atoms with E-state index in [1.54, 1.807) is 6.20 Å². The molecular weight excluding hydrogens is 424 g/mol. The summed E-state index contributed by atoms with van der Waals surface area (Å²) in [5.41, 5.74) is 5.66. The zero-order chi connectivity index (χ0) is 20.1. The predicted molar refractivity (Wildman–Crippen MR) is 120 cm³/mol. The van der Waals surface area contributed by atoms with Crippen molar-refractivity contribution in [1.82, 2.24) is 20.1 Å². The molecule has 0 aliphatic heterocycles. The fourth-order valence-electron chi connectivity index (χ4n) is 3.32. The van der Waals surface area contributed by atoms with E-state index in [4.69, 9.17) is 5.10 Å². The summed E-state index contributed by atoms with van der Waals surface area (Å²) in [4.78, 5) is 4.27. The van der Waals surface area contributed by atoms with Crippen molar-refractivity contribution in [2.24, 2.45) is 0 Å². The number of pyridine rings is 1. The Balaban J connectivity index is 1.56. The number of nitrogens with zero attached hydrogens (tertiary/aromatic N) is 3. The van der Waals surface area contributed by atoms with E-state index >= 15 is 0 Å². The molecule has 146 valence electrons. The fourth-order valence-corrected chi connectivity index (χ4v) is 3.59. The largest absolute Gasteiger partial charge is 0.306 e. The third-order valence-corrected chi connectivity index (χ3v) is 5.46. The normalized spacial score (nSPS) is 12.1. The third-order valence-electron chi connectivity index (χ3n) is 4.93. The molecular formula is C24H23BrN4. The SMILES string of the molecule is CC(NCc1cn(Cc2ccccc2)nc1-c1cccnc1)c1ccc(Br)cc1. The van der Waals surface area contributed by atoms with Crippen LogP contribution in [-0.4, -0.2) is 14.8 Å². The highest BCUT2D eigenvalue weighted by atomic mass is 79.9. The van der Waals surface area contributed by atoms with Crippen LogP contribution in [0.25, 0.3) is 11.3 Å². The summed E-state index contributed by atoms with van der Waals surface area (Å²) in [6, 6.07) is 23.1. The minimum absolute atomic E-state index is 0.238. The van der Waals surface area contributed by atoms with Gasteiger partial charge in [0.05, 0.1) is 12.2 Å². The molecule has 29 heavy (non-hydrogen) atoms. The highest BCUT2D eigenvalue weighted by molar-refractivity contribution is 9.10. The van der Waals surface area contributed by atoms with Gasteiger partial charge in [0.15, 0.2) is 0 Å². The van der Waals surface area contributed by atoms with Crippen molar-refractivity contribution in [1.29, 1.82) is 0 Å². The van der Waals surface area contributed by atoms with Gasteiger partial charge in [0.1, 0.15) is 0 Å². The molecule has 0 bridgehead atoms. The molecule has 0 amide bonds. The molecule has 0 radical (unpaired) electrons. The predicted octanol–water partition coefficient (Wildman–Crippen LogP) is 5.61. The van der Waals surface area contributed by atoms with Crippen LogP contribution in [0, 0.1) is 0 Å². The van der Waals surface area contributed by atoms with Gasteiger partial charge in [-0.3, -0.25) is 9.67 Å². The smallest absolute Gasteiger partial charge is 0.0983 e. The molecule has 1 N–H and O–H groups in total. The number of nitrogens with one attached hydrogen (secondary N) is 1. The zero-order valence-corrected chi connectivity index (χ0v) is 17.9. The summed E-state index contributed by atoms with van der Waals surface area (Å²) in [7, 11) is 0.